The Kier molecular flexibility index (Phi) is 4.39. The Morgan fingerprint density at radius 1 is 1.19 bits per heavy atom. The van der Waals surface area contributed by atoms with E-state index < -0.39 is 0 Å². The minimum absolute atomic E-state index is 0.348. The van der Waals surface area contributed by atoms with Crippen LogP contribution in [0.5, 0.6) is 5.88 Å². The van der Waals surface area contributed by atoms with Crippen molar-refractivity contribution in [2.75, 3.05) is 0 Å². The average Bonchev–Trinajstić information content (AvgIpc) is 2.99. The van der Waals surface area contributed by atoms with Crippen LogP contribution < -0.4 is 10.1 Å². The first-order valence-corrected chi connectivity index (χ1v) is 8.00. The van der Waals surface area contributed by atoms with Crippen LogP contribution >= 0.6 is 0 Å². The average molecular weight is 284 g/mol. The molecule has 1 aliphatic carbocycles. The van der Waals surface area contributed by atoms with Crippen molar-refractivity contribution in [3.05, 3.63) is 36.0 Å². The SMILES string of the molecule is CC(C)NCc1cnc(OC2CCCC2)c2ccccc12. The van der Waals surface area contributed by atoms with Gasteiger partial charge in [-0.15, -0.1) is 0 Å². The molecule has 1 saturated carbocycles. The zero-order valence-corrected chi connectivity index (χ0v) is 12.9. The highest BCUT2D eigenvalue weighted by Crippen LogP contribution is 2.30. The molecule has 0 saturated heterocycles. The summed E-state index contributed by atoms with van der Waals surface area (Å²) in [5.74, 6) is 0.797. The van der Waals surface area contributed by atoms with Gasteiger partial charge in [0.2, 0.25) is 5.88 Å². The van der Waals surface area contributed by atoms with Crippen molar-refractivity contribution >= 4 is 10.8 Å². The number of aromatic nitrogens is 1. The Hall–Kier alpha value is -1.61. The summed E-state index contributed by atoms with van der Waals surface area (Å²) in [6.07, 6.45) is 7.18. The molecule has 112 valence electrons. The Balaban J connectivity index is 1.90. The van der Waals surface area contributed by atoms with E-state index in [2.05, 4.69) is 48.4 Å². The molecular formula is C18H24N2O. The second-order valence-electron chi connectivity index (χ2n) is 6.19. The number of benzene rings is 1. The summed E-state index contributed by atoms with van der Waals surface area (Å²) in [5, 5.41) is 5.84. The van der Waals surface area contributed by atoms with Gasteiger partial charge in [-0.2, -0.15) is 0 Å². The molecule has 0 radical (unpaired) electrons. The molecule has 2 aromatic rings. The van der Waals surface area contributed by atoms with E-state index in [-0.39, 0.29) is 0 Å². The third-order valence-electron chi connectivity index (χ3n) is 4.12. The molecule has 0 unspecified atom stereocenters. The lowest BCUT2D eigenvalue weighted by Gasteiger charge is -2.16. The van der Waals surface area contributed by atoms with E-state index in [1.54, 1.807) is 0 Å². The van der Waals surface area contributed by atoms with Gasteiger partial charge in [-0.3, -0.25) is 0 Å². The first kappa shape index (κ1) is 14.3. The third-order valence-corrected chi connectivity index (χ3v) is 4.12. The van der Waals surface area contributed by atoms with Crippen molar-refractivity contribution in [2.45, 2.75) is 58.2 Å². The van der Waals surface area contributed by atoms with Gasteiger partial charge < -0.3 is 10.1 Å². The van der Waals surface area contributed by atoms with Gasteiger partial charge in [0.25, 0.3) is 0 Å². The molecule has 1 aliphatic rings. The quantitative estimate of drug-likeness (QED) is 0.899. The van der Waals surface area contributed by atoms with Crippen LogP contribution in [0.3, 0.4) is 0 Å². The fourth-order valence-electron chi connectivity index (χ4n) is 2.94. The van der Waals surface area contributed by atoms with Crippen LogP contribution in [0, 0.1) is 0 Å². The molecule has 1 aromatic carbocycles. The van der Waals surface area contributed by atoms with E-state index in [9.17, 15) is 0 Å². The second-order valence-corrected chi connectivity index (χ2v) is 6.19. The highest BCUT2D eigenvalue weighted by Gasteiger charge is 2.18. The molecule has 1 N–H and O–H groups in total. The van der Waals surface area contributed by atoms with Gasteiger partial charge >= 0.3 is 0 Å². The first-order valence-electron chi connectivity index (χ1n) is 8.00. The number of fused-ring (bicyclic) bond motifs is 1. The van der Waals surface area contributed by atoms with Gasteiger partial charge in [-0.25, -0.2) is 4.98 Å². The predicted molar refractivity (Wildman–Crippen MR) is 86.6 cm³/mol. The van der Waals surface area contributed by atoms with Gasteiger partial charge in [0.15, 0.2) is 0 Å². The number of nitrogens with zero attached hydrogens (tertiary/aromatic N) is 1. The molecule has 3 rings (SSSR count). The highest BCUT2D eigenvalue weighted by molar-refractivity contribution is 5.89. The van der Waals surface area contributed by atoms with Crippen LogP contribution in [-0.2, 0) is 6.54 Å². The zero-order chi connectivity index (χ0) is 14.7. The fourth-order valence-corrected chi connectivity index (χ4v) is 2.94. The Morgan fingerprint density at radius 3 is 2.62 bits per heavy atom. The van der Waals surface area contributed by atoms with E-state index >= 15 is 0 Å². The van der Waals surface area contributed by atoms with Crippen molar-refractivity contribution in [2.24, 2.45) is 0 Å². The van der Waals surface area contributed by atoms with Gasteiger partial charge in [-0.1, -0.05) is 32.0 Å². The minimum atomic E-state index is 0.348. The number of hydrogen-bond acceptors (Lipinski definition) is 3. The van der Waals surface area contributed by atoms with Gasteiger partial charge in [0, 0.05) is 24.2 Å². The molecule has 1 fully saturated rings. The van der Waals surface area contributed by atoms with Crippen molar-refractivity contribution in [3.8, 4) is 5.88 Å². The Labute approximate surface area is 126 Å². The monoisotopic (exact) mass is 284 g/mol. The van der Waals surface area contributed by atoms with Gasteiger partial charge in [0.1, 0.15) is 6.10 Å². The molecule has 0 bridgehead atoms. The van der Waals surface area contributed by atoms with Crippen LogP contribution in [0.4, 0.5) is 0 Å². The molecule has 3 heteroatoms. The van der Waals surface area contributed by atoms with Crippen LogP contribution in [0.1, 0.15) is 45.1 Å². The second kappa shape index (κ2) is 6.44. The summed E-state index contributed by atoms with van der Waals surface area (Å²) < 4.78 is 6.14. The number of nitrogens with one attached hydrogen (secondary N) is 1. The van der Waals surface area contributed by atoms with Crippen LogP contribution in [0.2, 0.25) is 0 Å². The van der Waals surface area contributed by atoms with Crippen molar-refractivity contribution in [1.29, 1.82) is 0 Å². The van der Waals surface area contributed by atoms with E-state index in [4.69, 9.17) is 4.74 Å². The summed E-state index contributed by atoms with van der Waals surface area (Å²) >= 11 is 0. The molecule has 1 aromatic heterocycles. The summed E-state index contributed by atoms with van der Waals surface area (Å²) in [5.41, 5.74) is 1.23. The molecule has 1 heterocycles. The van der Waals surface area contributed by atoms with Crippen molar-refractivity contribution in [3.63, 3.8) is 0 Å². The van der Waals surface area contributed by atoms with Crippen molar-refractivity contribution in [1.82, 2.24) is 10.3 Å². The first-order chi connectivity index (χ1) is 10.2. The number of rotatable bonds is 5. The lowest BCUT2D eigenvalue weighted by atomic mass is 10.1. The highest BCUT2D eigenvalue weighted by atomic mass is 16.5. The van der Waals surface area contributed by atoms with Crippen LogP contribution in [0.15, 0.2) is 30.5 Å². The van der Waals surface area contributed by atoms with Crippen molar-refractivity contribution < 1.29 is 4.74 Å². The number of hydrogen-bond donors (Lipinski definition) is 1. The van der Waals surface area contributed by atoms with Gasteiger partial charge in [0.05, 0.1) is 0 Å². The maximum absolute atomic E-state index is 6.14. The fraction of sp³-hybridized carbons (Fsp3) is 0.500. The maximum Gasteiger partial charge on any atom is 0.221 e. The minimum Gasteiger partial charge on any atom is -0.474 e. The summed E-state index contributed by atoms with van der Waals surface area (Å²) in [6.45, 7) is 5.16. The maximum atomic E-state index is 6.14. The molecule has 0 spiro atoms. The molecule has 0 atom stereocenters. The lowest BCUT2D eigenvalue weighted by molar-refractivity contribution is 0.204. The topological polar surface area (TPSA) is 34.2 Å². The standard InChI is InChI=1S/C18H24N2O/c1-13(2)19-11-14-12-20-18(21-15-7-3-4-8-15)17-10-6-5-9-16(14)17/h5-6,9-10,12-13,15,19H,3-4,7-8,11H2,1-2H3. The molecule has 0 aliphatic heterocycles. The zero-order valence-electron chi connectivity index (χ0n) is 12.9. The molecular weight excluding hydrogens is 260 g/mol. The van der Waals surface area contributed by atoms with Crippen LogP contribution in [0.25, 0.3) is 10.8 Å². The number of pyridine rings is 1. The van der Waals surface area contributed by atoms with Crippen LogP contribution in [-0.4, -0.2) is 17.1 Å². The summed E-state index contributed by atoms with van der Waals surface area (Å²) in [6, 6.07) is 8.89. The smallest absolute Gasteiger partial charge is 0.221 e. The van der Waals surface area contributed by atoms with E-state index in [0.717, 1.165) is 30.7 Å². The van der Waals surface area contributed by atoms with Gasteiger partial charge in [-0.05, 0) is 42.7 Å². The largest absolute Gasteiger partial charge is 0.474 e. The van der Waals surface area contributed by atoms with E-state index in [1.165, 1.54) is 23.8 Å². The predicted octanol–water partition coefficient (Wildman–Crippen LogP) is 4.05. The summed E-state index contributed by atoms with van der Waals surface area (Å²) in [4.78, 5) is 4.59. The molecule has 21 heavy (non-hydrogen) atoms. The lowest BCUT2D eigenvalue weighted by Crippen LogP contribution is -2.22. The van der Waals surface area contributed by atoms with E-state index in [1.807, 2.05) is 6.20 Å². The summed E-state index contributed by atoms with van der Waals surface area (Å²) in [7, 11) is 0. The van der Waals surface area contributed by atoms with E-state index in [0.29, 0.717) is 12.1 Å². The Morgan fingerprint density at radius 2 is 1.90 bits per heavy atom. The Bertz CT molecular complexity index is 603. The molecule has 3 nitrogen and oxygen atoms in total. The molecule has 0 amide bonds. The number of ether oxygens (including phenoxy) is 1. The normalized spacial score (nSPS) is 16.0. The third kappa shape index (κ3) is 3.35.